The summed E-state index contributed by atoms with van der Waals surface area (Å²) in [6.45, 7) is 3.82. The number of carbonyl (C=O) groups is 2. The van der Waals surface area contributed by atoms with E-state index in [2.05, 4.69) is 25.9 Å². The summed E-state index contributed by atoms with van der Waals surface area (Å²) in [4.78, 5) is 32.5. The summed E-state index contributed by atoms with van der Waals surface area (Å²) in [6, 6.07) is 7.13. The largest absolute Gasteiger partial charge is 0.325 e. The SMILES string of the molecule is Cc1cccc(NC(=O)Nc2nc(CC(=O)Nc3nc(C)cs3)cs2)c1. The van der Waals surface area contributed by atoms with Gasteiger partial charge in [-0.05, 0) is 31.5 Å². The van der Waals surface area contributed by atoms with E-state index in [1.807, 2.05) is 43.5 Å². The second kappa shape index (κ2) is 8.07. The van der Waals surface area contributed by atoms with E-state index < -0.39 is 0 Å². The van der Waals surface area contributed by atoms with Crippen LogP contribution in [0, 0.1) is 13.8 Å². The van der Waals surface area contributed by atoms with Crippen LogP contribution < -0.4 is 16.0 Å². The molecule has 134 valence electrons. The minimum atomic E-state index is -0.376. The minimum Gasteiger partial charge on any atom is -0.308 e. The molecule has 0 saturated heterocycles. The first kappa shape index (κ1) is 18.0. The number of aromatic nitrogens is 2. The number of benzene rings is 1. The number of rotatable bonds is 5. The van der Waals surface area contributed by atoms with Crippen LogP contribution in [-0.4, -0.2) is 21.9 Å². The summed E-state index contributed by atoms with van der Waals surface area (Å²) in [5.41, 5.74) is 3.22. The van der Waals surface area contributed by atoms with Gasteiger partial charge >= 0.3 is 6.03 Å². The number of thiazole rings is 2. The zero-order valence-corrected chi connectivity index (χ0v) is 15.8. The maximum Gasteiger partial charge on any atom is 0.325 e. The first-order valence-electron chi connectivity index (χ1n) is 7.79. The molecule has 0 bridgehead atoms. The topological polar surface area (TPSA) is 96.0 Å². The molecule has 0 saturated carbocycles. The van der Waals surface area contributed by atoms with Gasteiger partial charge in [-0.2, -0.15) is 0 Å². The van der Waals surface area contributed by atoms with E-state index in [1.165, 1.54) is 22.7 Å². The lowest BCUT2D eigenvalue weighted by atomic mass is 10.2. The van der Waals surface area contributed by atoms with Crippen LogP contribution >= 0.6 is 22.7 Å². The molecule has 0 radical (unpaired) electrons. The molecule has 2 heterocycles. The highest BCUT2D eigenvalue weighted by Crippen LogP contribution is 2.18. The van der Waals surface area contributed by atoms with Gasteiger partial charge in [0.25, 0.3) is 0 Å². The van der Waals surface area contributed by atoms with Crippen molar-refractivity contribution in [1.29, 1.82) is 0 Å². The molecule has 9 heteroatoms. The number of hydrogen-bond donors (Lipinski definition) is 3. The van der Waals surface area contributed by atoms with Gasteiger partial charge in [0.05, 0.1) is 17.8 Å². The van der Waals surface area contributed by atoms with Crippen molar-refractivity contribution in [2.45, 2.75) is 20.3 Å². The number of amides is 3. The average Bonchev–Trinajstić information content (AvgIpc) is 3.16. The predicted molar refractivity (Wildman–Crippen MR) is 105 cm³/mol. The lowest BCUT2D eigenvalue weighted by Gasteiger charge is -2.05. The number of anilines is 3. The van der Waals surface area contributed by atoms with Crippen molar-refractivity contribution in [3.05, 3.63) is 52.0 Å². The molecule has 0 spiro atoms. The highest BCUT2D eigenvalue weighted by Gasteiger charge is 2.11. The van der Waals surface area contributed by atoms with Gasteiger partial charge in [-0.15, -0.1) is 22.7 Å². The summed E-state index contributed by atoms with van der Waals surface area (Å²) >= 11 is 2.65. The zero-order chi connectivity index (χ0) is 18.5. The molecule has 3 N–H and O–H groups in total. The molecule has 3 aromatic rings. The summed E-state index contributed by atoms with van der Waals surface area (Å²) in [6.07, 6.45) is 0.121. The third-order valence-corrected chi connectivity index (χ3v) is 4.94. The van der Waals surface area contributed by atoms with E-state index in [9.17, 15) is 9.59 Å². The fraction of sp³-hybridized carbons (Fsp3) is 0.176. The molecule has 0 atom stereocenters. The highest BCUT2D eigenvalue weighted by atomic mass is 32.1. The lowest BCUT2D eigenvalue weighted by molar-refractivity contribution is -0.115. The van der Waals surface area contributed by atoms with Crippen molar-refractivity contribution in [1.82, 2.24) is 9.97 Å². The number of aryl methyl sites for hydroxylation is 2. The number of nitrogens with one attached hydrogen (secondary N) is 3. The van der Waals surface area contributed by atoms with E-state index in [0.717, 1.165) is 11.3 Å². The molecule has 0 fully saturated rings. The normalized spacial score (nSPS) is 10.4. The number of carbonyl (C=O) groups excluding carboxylic acids is 2. The molecule has 26 heavy (non-hydrogen) atoms. The predicted octanol–water partition coefficient (Wildman–Crippen LogP) is 4.04. The van der Waals surface area contributed by atoms with Crippen molar-refractivity contribution in [3.63, 3.8) is 0 Å². The van der Waals surface area contributed by atoms with Crippen LogP contribution in [0.5, 0.6) is 0 Å². The molecule has 7 nitrogen and oxygen atoms in total. The van der Waals surface area contributed by atoms with Crippen molar-refractivity contribution in [2.24, 2.45) is 0 Å². The average molecular weight is 387 g/mol. The smallest absolute Gasteiger partial charge is 0.308 e. The molecule has 1 aromatic carbocycles. The van der Waals surface area contributed by atoms with Gasteiger partial charge in [-0.25, -0.2) is 14.8 Å². The van der Waals surface area contributed by atoms with Crippen molar-refractivity contribution in [2.75, 3.05) is 16.0 Å². The van der Waals surface area contributed by atoms with Crippen molar-refractivity contribution >= 4 is 50.6 Å². The fourth-order valence-corrected chi connectivity index (χ4v) is 3.58. The van der Waals surface area contributed by atoms with E-state index in [-0.39, 0.29) is 18.4 Å². The maximum absolute atomic E-state index is 12.0. The van der Waals surface area contributed by atoms with Gasteiger partial charge < -0.3 is 10.6 Å². The van der Waals surface area contributed by atoms with Crippen molar-refractivity contribution in [3.8, 4) is 0 Å². The number of nitrogens with zero attached hydrogens (tertiary/aromatic N) is 2. The molecule has 0 aliphatic carbocycles. The molecule has 3 rings (SSSR count). The summed E-state index contributed by atoms with van der Waals surface area (Å²) in [5.74, 6) is -0.194. The lowest BCUT2D eigenvalue weighted by Crippen LogP contribution is -2.19. The molecule has 0 unspecified atom stereocenters. The second-order valence-electron chi connectivity index (χ2n) is 5.61. The molecule has 0 aliphatic rings. The Morgan fingerprint density at radius 2 is 1.77 bits per heavy atom. The molecule has 3 amide bonds. The van der Waals surface area contributed by atoms with Crippen LogP contribution in [-0.2, 0) is 11.2 Å². The zero-order valence-electron chi connectivity index (χ0n) is 14.2. The van der Waals surface area contributed by atoms with Crippen LogP contribution in [0.4, 0.5) is 20.7 Å². The van der Waals surface area contributed by atoms with Crippen LogP contribution in [0.2, 0.25) is 0 Å². The van der Waals surface area contributed by atoms with E-state index in [1.54, 1.807) is 5.38 Å². The second-order valence-corrected chi connectivity index (χ2v) is 7.33. The minimum absolute atomic E-state index is 0.121. The number of hydrogen-bond acceptors (Lipinski definition) is 6. The van der Waals surface area contributed by atoms with Gasteiger partial charge in [0.2, 0.25) is 5.91 Å². The first-order valence-corrected chi connectivity index (χ1v) is 9.55. The van der Waals surface area contributed by atoms with Gasteiger partial charge in [-0.3, -0.25) is 10.1 Å². The Morgan fingerprint density at radius 1 is 1.00 bits per heavy atom. The first-order chi connectivity index (χ1) is 12.5. The maximum atomic E-state index is 12.0. The Morgan fingerprint density at radius 3 is 2.50 bits per heavy atom. The van der Waals surface area contributed by atoms with Gasteiger partial charge in [0.15, 0.2) is 10.3 Å². The van der Waals surface area contributed by atoms with Crippen LogP contribution in [0.25, 0.3) is 0 Å². The Balaban J connectivity index is 1.52. The van der Waals surface area contributed by atoms with E-state index in [0.29, 0.717) is 21.6 Å². The number of urea groups is 1. The monoisotopic (exact) mass is 387 g/mol. The summed E-state index contributed by atoms with van der Waals surface area (Å²) in [7, 11) is 0. The van der Waals surface area contributed by atoms with E-state index in [4.69, 9.17) is 0 Å². The molecular weight excluding hydrogens is 370 g/mol. The van der Waals surface area contributed by atoms with Crippen molar-refractivity contribution < 1.29 is 9.59 Å². The molecular formula is C17H17N5O2S2. The molecule has 0 aliphatic heterocycles. The molecule has 2 aromatic heterocycles. The Hall–Kier alpha value is -2.78. The van der Waals surface area contributed by atoms with Crippen LogP contribution in [0.1, 0.15) is 17.0 Å². The third-order valence-electron chi connectivity index (χ3n) is 3.26. The highest BCUT2D eigenvalue weighted by molar-refractivity contribution is 7.14. The van der Waals surface area contributed by atoms with Crippen LogP contribution in [0.3, 0.4) is 0 Å². The Labute approximate surface area is 158 Å². The van der Waals surface area contributed by atoms with Gasteiger partial charge in [-0.1, -0.05) is 12.1 Å². The standard InChI is InChI=1S/C17H17N5O2S2/c1-10-4-3-5-12(6-10)19-15(24)22-17-20-13(9-26-17)7-14(23)21-16-18-11(2)8-25-16/h3-6,8-9H,7H2,1-2H3,(H,18,21,23)(H2,19,20,22,24). The van der Waals surface area contributed by atoms with Gasteiger partial charge in [0, 0.05) is 16.4 Å². The van der Waals surface area contributed by atoms with E-state index >= 15 is 0 Å². The fourth-order valence-electron chi connectivity index (χ4n) is 2.17. The van der Waals surface area contributed by atoms with Crippen LogP contribution in [0.15, 0.2) is 35.0 Å². The quantitative estimate of drug-likeness (QED) is 0.615. The van der Waals surface area contributed by atoms with Gasteiger partial charge in [0.1, 0.15) is 0 Å². The Kier molecular flexibility index (Phi) is 5.59. The third kappa shape index (κ3) is 5.11. The summed E-state index contributed by atoms with van der Waals surface area (Å²) < 4.78 is 0. The Bertz CT molecular complexity index is 935. The summed E-state index contributed by atoms with van der Waals surface area (Å²) in [5, 5.41) is 12.8.